The lowest BCUT2D eigenvalue weighted by Crippen LogP contribution is -2.20. The number of hydrogen-bond donors (Lipinski definition) is 3. The zero-order chi connectivity index (χ0) is 25.7. The highest BCUT2D eigenvalue weighted by atomic mass is 16.6. The van der Waals surface area contributed by atoms with Crippen molar-refractivity contribution in [2.75, 3.05) is 12.3 Å². The first kappa shape index (κ1) is 24.6. The van der Waals surface area contributed by atoms with E-state index in [2.05, 4.69) is 40.1 Å². The molecule has 8 nitrogen and oxygen atoms in total. The van der Waals surface area contributed by atoms with Gasteiger partial charge in [-0.1, -0.05) is 54.6 Å². The van der Waals surface area contributed by atoms with Gasteiger partial charge >= 0.3 is 11.9 Å². The van der Waals surface area contributed by atoms with E-state index in [1.165, 1.54) is 22.8 Å². The Kier molecular flexibility index (Phi) is 7.36. The number of esters is 2. The molecule has 1 atom stereocenters. The number of ether oxygens (including phenoxy) is 1. The van der Waals surface area contributed by atoms with Crippen molar-refractivity contribution in [3.8, 4) is 11.1 Å². The molecule has 1 amide bonds. The molecule has 8 heteroatoms. The molecule has 182 valence electrons. The number of aromatic nitrogens is 1. The summed E-state index contributed by atoms with van der Waals surface area (Å²) in [6.07, 6.45) is 3.38. The van der Waals surface area contributed by atoms with Crippen LogP contribution in [0.4, 0.5) is 5.82 Å². The summed E-state index contributed by atoms with van der Waals surface area (Å²) in [5.74, 6) is -1.52. The molecule has 36 heavy (non-hydrogen) atoms. The first-order chi connectivity index (χ1) is 17.4. The third-order valence-corrected chi connectivity index (χ3v) is 6.08. The van der Waals surface area contributed by atoms with Crippen LogP contribution in [0, 0.1) is 0 Å². The third kappa shape index (κ3) is 5.39. The van der Waals surface area contributed by atoms with Crippen LogP contribution < -0.4 is 17.2 Å². The van der Waals surface area contributed by atoms with E-state index in [0.29, 0.717) is 11.2 Å². The first-order valence-electron chi connectivity index (χ1n) is 11.4. The first-order valence-corrected chi connectivity index (χ1v) is 11.4. The maximum atomic E-state index is 11.6. The van der Waals surface area contributed by atoms with E-state index >= 15 is 0 Å². The van der Waals surface area contributed by atoms with E-state index in [0.717, 1.165) is 23.8 Å². The molecular weight excluding hydrogens is 456 g/mol. The highest BCUT2D eigenvalue weighted by molar-refractivity contribution is 6.02. The van der Waals surface area contributed by atoms with Gasteiger partial charge in [0.15, 0.2) is 0 Å². The van der Waals surface area contributed by atoms with Crippen molar-refractivity contribution in [1.29, 1.82) is 0 Å². The van der Waals surface area contributed by atoms with Gasteiger partial charge in [0, 0.05) is 11.6 Å². The predicted molar refractivity (Wildman–Crippen MR) is 138 cm³/mol. The fourth-order valence-electron chi connectivity index (χ4n) is 4.25. The van der Waals surface area contributed by atoms with E-state index < -0.39 is 11.9 Å². The standard InChI is InChI=1S/C16H15NO.C12H11N3O3/c17-16(18)15-9-7-13-10-12(6-8-14(13)15)11-4-2-1-3-5-11;13-6-10(16)18-12(17)8-2-1-7-3-4-15-11(14)9(7)5-8/h1-6,8,10,15H,7,9H2,(H2,17,18);1-5H,6,13H2,(H2,14,15). The van der Waals surface area contributed by atoms with Crippen molar-refractivity contribution in [1.82, 2.24) is 4.98 Å². The molecule has 1 heterocycles. The number of anilines is 1. The van der Waals surface area contributed by atoms with Gasteiger partial charge in [0.2, 0.25) is 5.91 Å². The lowest BCUT2D eigenvalue weighted by molar-refractivity contribution is -0.136. The van der Waals surface area contributed by atoms with Crippen molar-refractivity contribution < 1.29 is 19.1 Å². The molecule has 3 aromatic carbocycles. The summed E-state index contributed by atoms with van der Waals surface area (Å²) in [5.41, 5.74) is 21.2. The lowest BCUT2D eigenvalue weighted by Gasteiger charge is -2.08. The summed E-state index contributed by atoms with van der Waals surface area (Å²) in [4.78, 5) is 37.8. The van der Waals surface area contributed by atoms with Crippen molar-refractivity contribution >= 4 is 34.4 Å². The van der Waals surface area contributed by atoms with Crippen molar-refractivity contribution in [3.05, 3.63) is 95.7 Å². The molecule has 6 N–H and O–H groups in total. The van der Waals surface area contributed by atoms with Crippen molar-refractivity contribution in [2.24, 2.45) is 11.5 Å². The maximum absolute atomic E-state index is 11.6. The molecule has 1 unspecified atom stereocenters. The predicted octanol–water partition coefficient (Wildman–Crippen LogP) is 3.33. The Morgan fingerprint density at radius 2 is 1.72 bits per heavy atom. The molecule has 5 rings (SSSR count). The van der Waals surface area contributed by atoms with Crippen LogP contribution in [0.5, 0.6) is 0 Å². The van der Waals surface area contributed by atoms with Crippen LogP contribution in [0.15, 0.2) is 79.0 Å². The molecule has 0 saturated heterocycles. The Morgan fingerprint density at radius 3 is 2.44 bits per heavy atom. The van der Waals surface area contributed by atoms with Crippen molar-refractivity contribution in [2.45, 2.75) is 18.8 Å². The summed E-state index contributed by atoms with van der Waals surface area (Å²) in [6.45, 7) is -0.344. The molecule has 0 fully saturated rings. The highest BCUT2D eigenvalue weighted by Crippen LogP contribution is 2.35. The number of rotatable bonds is 4. The smallest absolute Gasteiger partial charge is 0.345 e. The van der Waals surface area contributed by atoms with Crippen LogP contribution >= 0.6 is 0 Å². The Bertz CT molecular complexity index is 1440. The van der Waals surface area contributed by atoms with Gasteiger partial charge < -0.3 is 21.9 Å². The molecule has 4 aromatic rings. The number of nitrogens with zero attached hydrogens (tertiary/aromatic N) is 1. The second-order valence-electron chi connectivity index (χ2n) is 8.37. The Morgan fingerprint density at radius 1 is 0.944 bits per heavy atom. The van der Waals surface area contributed by atoms with Crippen LogP contribution in [0.3, 0.4) is 0 Å². The molecule has 0 spiro atoms. The number of carbonyl (C=O) groups excluding carboxylic acids is 3. The summed E-state index contributed by atoms with van der Waals surface area (Å²) < 4.78 is 4.51. The summed E-state index contributed by atoms with van der Waals surface area (Å²) in [6, 6.07) is 23.2. The van der Waals surface area contributed by atoms with Crippen LogP contribution in [0.2, 0.25) is 0 Å². The average Bonchev–Trinajstić information content (AvgIpc) is 3.33. The van der Waals surface area contributed by atoms with E-state index in [1.54, 1.807) is 24.4 Å². The van der Waals surface area contributed by atoms with Gasteiger partial charge in [-0.05, 0) is 58.7 Å². The molecule has 0 radical (unpaired) electrons. The second kappa shape index (κ2) is 10.8. The monoisotopic (exact) mass is 482 g/mol. The molecule has 1 aromatic heterocycles. The van der Waals surface area contributed by atoms with Gasteiger partial charge in [0.25, 0.3) is 0 Å². The van der Waals surface area contributed by atoms with Gasteiger partial charge in [-0.3, -0.25) is 9.59 Å². The average molecular weight is 483 g/mol. The summed E-state index contributed by atoms with van der Waals surface area (Å²) in [7, 11) is 0. The minimum absolute atomic E-state index is 0.0928. The number of primary amides is 1. The Hall–Kier alpha value is -4.56. The SMILES string of the molecule is NC(=O)C1CCc2cc(-c3ccccc3)ccc21.NCC(=O)OC(=O)c1ccc2ccnc(N)c2c1. The third-order valence-electron chi connectivity index (χ3n) is 6.08. The minimum atomic E-state index is -0.778. The number of nitrogen functional groups attached to an aromatic ring is 1. The normalized spacial score (nSPS) is 13.9. The van der Waals surface area contributed by atoms with Crippen LogP contribution in [0.25, 0.3) is 21.9 Å². The van der Waals surface area contributed by atoms with E-state index in [4.69, 9.17) is 17.2 Å². The molecule has 0 bridgehead atoms. The van der Waals surface area contributed by atoms with Crippen LogP contribution in [-0.2, 0) is 20.7 Å². The number of nitrogens with two attached hydrogens (primary N) is 3. The van der Waals surface area contributed by atoms with Crippen LogP contribution in [0.1, 0.15) is 33.8 Å². The minimum Gasteiger partial charge on any atom is -0.388 e. The van der Waals surface area contributed by atoms with Gasteiger partial charge in [0.1, 0.15) is 5.82 Å². The highest BCUT2D eigenvalue weighted by Gasteiger charge is 2.26. The van der Waals surface area contributed by atoms with E-state index in [-0.39, 0.29) is 23.9 Å². The number of aryl methyl sites for hydroxylation is 1. The molecule has 1 aliphatic rings. The fraction of sp³-hybridized carbons (Fsp3) is 0.143. The number of amides is 1. The van der Waals surface area contributed by atoms with Gasteiger partial charge in [0.05, 0.1) is 18.0 Å². The maximum Gasteiger partial charge on any atom is 0.345 e. The number of pyridine rings is 1. The number of benzene rings is 3. The van der Waals surface area contributed by atoms with Crippen LogP contribution in [-0.4, -0.2) is 29.4 Å². The van der Waals surface area contributed by atoms with Gasteiger partial charge in [-0.15, -0.1) is 0 Å². The summed E-state index contributed by atoms with van der Waals surface area (Å²) in [5, 5.41) is 1.48. The topological polar surface area (TPSA) is 151 Å². The molecular formula is C28H26N4O4. The number of fused-ring (bicyclic) bond motifs is 2. The molecule has 1 aliphatic carbocycles. The molecule has 0 aliphatic heterocycles. The quantitative estimate of drug-likeness (QED) is 0.298. The zero-order valence-corrected chi connectivity index (χ0v) is 19.5. The van der Waals surface area contributed by atoms with E-state index in [1.807, 2.05) is 18.2 Å². The summed E-state index contributed by atoms with van der Waals surface area (Å²) >= 11 is 0. The second-order valence-corrected chi connectivity index (χ2v) is 8.37. The van der Waals surface area contributed by atoms with Gasteiger partial charge in [-0.2, -0.15) is 0 Å². The lowest BCUT2D eigenvalue weighted by atomic mass is 9.97. The Labute approximate surface area is 208 Å². The van der Waals surface area contributed by atoms with E-state index in [9.17, 15) is 14.4 Å². The van der Waals surface area contributed by atoms with Crippen molar-refractivity contribution in [3.63, 3.8) is 0 Å². The molecule has 0 saturated carbocycles. The number of hydrogen-bond acceptors (Lipinski definition) is 7. The zero-order valence-electron chi connectivity index (χ0n) is 19.5. The Balaban J connectivity index is 0.000000169. The largest absolute Gasteiger partial charge is 0.388 e. The fourth-order valence-corrected chi connectivity index (χ4v) is 4.25. The number of carbonyl (C=O) groups is 3. The van der Waals surface area contributed by atoms with Gasteiger partial charge in [-0.25, -0.2) is 9.78 Å².